The molecule has 20 heavy (non-hydrogen) atoms. The molecular weight excluding hydrogens is 270 g/mol. The lowest BCUT2D eigenvalue weighted by atomic mass is 9.97. The van der Waals surface area contributed by atoms with E-state index in [9.17, 15) is 14.4 Å². The molecule has 0 spiro atoms. The third-order valence-electron chi connectivity index (χ3n) is 3.05. The van der Waals surface area contributed by atoms with Crippen LogP contribution in [0.15, 0.2) is 0 Å². The number of rotatable bonds is 3. The molecule has 2 aliphatic heterocycles. The van der Waals surface area contributed by atoms with E-state index in [4.69, 9.17) is 18.9 Å². The molecule has 0 aromatic carbocycles. The quantitative estimate of drug-likeness (QED) is 0.672. The molecule has 0 saturated carbocycles. The minimum absolute atomic E-state index is 0.205. The molecule has 5 atom stereocenters. The first kappa shape index (κ1) is 14.7. The van der Waals surface area contributed by atoms with Crippen molar-refractivity contribution in [3.63, 3.8) is 0 Å². The molecule has 0 radical (unpaired) electrons. The minimum atomic E-state index is -0.862. The Balaban J connectivity index is 2.24. The molecule has 2 heterocycles. The lowest BCUT2D eigenvalue weighted by Gasteiger charge is -2.39. The Labute approximate surface area is 115 Å². The van der Waals surface area contributed by atoms with E-state index in [2.05, 4.69) is 5.32 Å². The number of nitrogens with one attached hydrogen (secondary N) is 1. The maximum Gasteiger partial charge on any atom is 0.303 e. The van der Waals surface area contributed by atoms with Gasteiger partial charge in [0.25, 0.3) is 0 Å². The summed E-state index contributed by atoms with van der Waals surface area (Å²) in [5.74, 6) is -1.38. The highest BCUT2D eigenvalue weighted by Gasteiger charge is 2.54. The van der Waals surface area contributed by atoms with Crippen molar-refractivity contribution in [3.8, 4) is 0 Å². The van der Waals surface area contributed by atoms with Crippen molar-refractivity contribution in [3.05, 3.63) is 0 Å². The number of hydrogen-bond donors (Lipinski definition) is 1. The number of carbonyl (C=O) groups is 3. The van der Waals surface area contributed by atoms with Crippen LogP contribution in [-0.2, 0) is 33.3 Å². The smallest absolute Gasteiger partial charge is 0.303 e. The summed E-state index contributed by atoms with van der Waals surface area (Å²) in [5.41, 5.74) is 0. The van der Waals surface area contributed by atoms with Crippen LogP contribution in [0.2, 0.25) is 0 Å². The molecule has 0 aliphatic carbocycles. The van der Waals surface area contributed by atoms with Crippen LogP contribution in [0.1, 0.15) is 20.8 Å². The van der Waals surface area contributed by atoms with Gasteiger partial charge in [0.15, 0.2) is 18.5 Å². The molecule has 0 aromatic rings. The third-order valence-corrected chi connectivity index (χ3v) is 3.05. The van der Waals surface area contributed by atoms with Crippen LogP contribution in [0.3, 0.4) is 0 Å². The zero-order chi connectivity index (χ0) is 14.9. The average Bonchev–Trinajstić information content (AvgIpc) is 2.74. The average molecular weight is 287 g/mol. The van der Waals surface area contributed by atoms with Gasteiger partial charge in [0, 0.05) is 20.8 Å². The number of fused-ring (bicyclic) bond motifs is 2. The topological polar surface area (TPSA) is 100 Å². The fourth-order valence-electron chi connectivity index (χ4n) is 2.43. The van der Waals surface area contributed by atoms with E-state index in [1.165, 1.54) is 20.8 Å². The number of esters is 2. The van der Waals surface area contributed by atoms with Gasteiger partial charge in [-0.2, -0.15) is 0 Å². The van der Waals surface area contributed by atoms with Crippen molar-refractivity contribution >= 4 is 17.8 Å². The highest BCUT2D eigenvalue weighted by Crippen LogP contribution is 2.32. The molecule has 112 valence electrons. The van der Waals surface area contributed by atoms with Crippen LogP contribution in [0, 0.1) is 0 Å². The first-order valence-electron chi connectivity index (χ1n) is 6.27. The van der Waals surface area contributed by atoms with Gasteiger partial charge in [-0.3, -0.25) is 14.4 Å². The van der Waals surface area contributed by atoms with Gasteiger partial charge in [-0.1, -0.05) is 0 Å². The third kappa shape index (κ3) is 3.07. The Morgan fingerprint density at radius 1 is 1.05 bits per heavy atom. The summed E-state index contributed by atoms with van der Waals surface area (Å²) in [6.07, 6.45) is -2.89. The second kappa shape index (κ2) is 5.76. The predicted molar refractivity (Wildman–Crippen MR) is 63.3 cm³/mol. The van der Waals surface area contributed by atoms with Gasteiger partial charge in [0.05, 0.1) is 6.61 Å². The summed E-state index contributed by atoms with van der Waals surface area (Å²) in [6.45, 7) is 4.03. The van der Waals surface area contributed by atoms with Gasteiger partial charge < -0.3 is 24.3 Å². The van der Waals surface area contributed by atoms with Crippen molar-refractivity contribution in [2.24, 2.45) is 0 Å². The first-order chi connectivity index (χ1) is 9.38. The summed E-state index contributed by atoms with van der Waals surface area (Å²) in [5, 5.41) is 2.64. The number of hydrogen-bond acceptors (Lipinski definition) is 7. The lowest BCUT2D eigenvalue weighted by molar-refractivity contribution is -0.218. The van der Waals surface area contributed by atoms with Crippen LogP contribution >= 0.6 is 0 Å². The van der Waals surface area contributed by atoms with E-state index in [1.54, 1.807) is 0 Å². The Kier molecular flexibility index (Phi) is 4.24. The fourth-order valence-corrected chi connectivity index (χ4v) is 2.43. The fraction of sp³-hybridized carbons (Fsp3) is 0.750. The van der Waals surface area contributed by atoms with Gasteiger partial charge in [0.1, 0.15) is 12.1 Å². The number of amides is 1. The normalized spacial score (nSPS) is 35.2. The van der Waals surface area contributed by atoms with Crippen molar-refractivity contribution in [2.75, 3.05) is 6.61 Å². The monoisotopic (exact) mass is 287 g/mol. The first-order valence-corrected chi connectivity index (χ1v) is 6.27. The summed E-state index contributed by atoms with van der Waals surface area (Å²) >= 11 is 0. The number of carbonyl (C=O) groups excluding carboxylic acids is 3. The molecule has 1 N–H and O–H groups in total. The van der Waals surface area contributed by atoms with Gasteiger partial charge in [0.2, 0.25) is 5.91 Å². The molecule has 2 rings (SSSR count). The predicted octanol–water partition coefficient (Wildman–Crippen LogP) is -0.890. The van der Waals surface area contributed by atoms with Gasteiger partial charge in [-0.05, 0) is 0 Å². The summed E-state index contributed by atoms with van der Waals surface area (Å²) in [4.78, 5) is 33.7. The second-order valence-electron chi connectivity index (χ2n) is 4.75. The molecule has 2 fully saturated rings. The summed E-state index contributed by atoms with van der Waals surface area (Å²) in [7, 11) is 0. The molecule has 2 saturated heterocycles. The van der Waals surface area contributed by atoms with E-state index in [1.807, 2.05) is 0 Å². The van der Waals surface area contributed by atoms with E-state index < -0.39 is 42.6 Å². The zero-order valence-corrected chi connectivity index (χ0v) is 11.5. The number of ether oxygens (including phenoxy) is 4. The maximum atomic E-state index is 11.3. The van der Waals surface area contributed by atoms with Crippen molar-refractivity contribution in [1.82, 2.24) is 5.32 Å². The van der Waals surface area contributed by atoms with E-state index in [0.29, 0.717) is 0 Å². The highest BCUT2D eigenvalue weighted by atomic mass is 16.8. The van der Waals surface area contributed by atoms with Crippen LogP contribution in [0.5, 0.6) is 0 Å². The standard InChI is InChI=1S/C12H17NO7/c1-5(14)13-9-10(18-6(2)15)8-4-17-12(20-8)11(9)19-7(3)16/h8-12H,4H2,1-3H3,(H,13,14)/t8-,9-,10+,11-,12-/m1/s1. The van der Waals surface area contributed by atoms with Gasteiger partial charge >= 0.3 is 11.9 Å². The Bertz CT molecular complexity index is 394. The molecule has 8 heteroatoms. The van der Waals surface area contributed by atoms with E-state index >= 15 is 0 Å². The molecule has 0 aromatic heterocycles. The van der Waals surface area contributed by atoms with Crippen LogP contribution in [0.4, 0.5) is 0 Å². The summed E-state index contributed by atoms with van der Waals surface area (Å²) < 4.78 is 21.2. The van der Waals surface area contributed by atoms with Crippen molar-refractivity contribution in [1.29, 1.82) is 0 Å². The Morgan fingerprint density at radius 2 is 1.65 bits per heavy atom. The maximum absolute atomic E-state index is 11.3. The van der Waals surface area contributed by atoms with Crippen LogP contribution < -0.4 is 5.32 Å². The van der Waals surface area contributed by atoms with Gasteiger partial charge in [-0.25, -0.2) is 0 Å². The lowest BCUT2D eigenvalue weighted by Crippen LogP contribution is -2.63. The molecule has 0 unspecified atom stereocenters. The molecule has 2 aliphatic rings. The van der Waals surface area contributed by atoms with E-state index in [0.717, 1.165) is 0 Å². The molecule has 1 amide bonds. The van der Waals surface area contributed by atoms with E-state index in [-0.39, 0.29) is 12.5 Å². The second-order valence-corrected chi connectivity index (χ2v) is 4.75. The van der Waals surface area contributed by atoms with Crippen LogP contribution in [-0.4, -0.2) is 55.1 Å². The molecule has 8 nitrogen and oxygen atoms in total. The zero-order valence-electron chi connectivity index (χ0n) is 11.5. The highest BCUT2D eigenvalue weighted by molar-refractivity contribution is 5.74. The SMILES string of the molecule is CC(=O)N[C@@H]1[C@@H](OC(C)=O)[C@H]2CO[C@H](O2)[C@@H]1OC(C)=O. The van der Waals surface area contributed by atoms with Crippen molar-refractivity contribution in [2.45, 2.75) is 51.4 Å². The van der Waals surface area contributed by atoms with Crippen LogP contribution in [0.25, 0.3) is 0 Å². The Hall–Kier alpha value is -1.67. The molecular formula is C12H17NO7. The largest absolute Gasteiger partial charge is 0.457 e. The minimum Gasteiger partial charge on any atom is -0.457 e. The molecule has 2 bridgehead atoms. The summed E-state index contributed by atoms with van der Waals surface area (Å²) in [6, 6.07) is -0.702. The Morgan fingerprint density at radius 3 is 2.20 bits per heavy atom. The van der Waals surface area contributed by atoms with Crippen molar-refractivity contribution < 1.29 is 33.3 Å². The van der Waals surface area contributed by atoms with Gasteiger partial charge in [-0.15, -0.1) is 0 Å².